The van der Waals surface area contributed by atoms with Crippen molar-refractivity contribution < 1.29 is 0 Å². The molecule has 0 unspecified atom stereocenters. The third kappa shape index (κ3) is 5.21. The Labute approximate surface area is 323 Å². The van der Waals surface area contributed by atoms with Crippen molar-refractivity contribution in [2.24, 2.45) is 0 Å². The largest absolute Gasteiger partial charge is 0.307 e. The summed E-state index contributed by atoms with van der Waals surface area (Å²) in [5.74, 6) is 1.94. The van der Waals surface area contributed by atoms with Crippen LogP contribution in [-0.2, 0) is 0 Å². The van der Waals surface area contributed by atoms with Gasteiger partial charge in [-0.3, -0.25) is 0 Å². The van der Waals surface area contributed by atoms with Crippen molar-refractivity contribution in [1.82, 2.24) is 24.1 Å². The fraction of sp³-hybridized carbons (Fsp3) is 0. The van der Waals surface area contributed by atoms with Gasteiger partial charge in [0.2, 0.25) is 0 Å². The van der Waals surface area contributed by atoms with Crippen molar-refractivity contribution in [3.63, 3.8) is 0 Å². The van der Waals surface area contributed by atoms with Gasteiger partial charge in [0.05, 0.1) is 22.1 Å². The maximum absolute atomic E-state index is 4.98. The minimum atomic E-state index is 0.638. The van der Waals surface area contributed by atoms with E-state index in [4.69, 9.17) is 15.0 Å². The minimum Gasteiger partial charge on any atom is -0.307 e. The second-order valence-corrected chi connectivity index (χ2v) is 14.1. The number of hydrogen-bond acceptors (Lipinski definition) is 3. The maximum atomic E-state index is 4.98. The Balaban J connectivity index is 1.06. The Kier molecular flexibility index (Phi) is 7.42. The fourth-order valence-corrected chi connectivity index (χ4v) is 8.19. The monoisotopic (exact) mass is 715 g/mol. The molecule has 0 aliphatic heterocycles. The summed E-state index contributed by atoms with van der Waals surface area (Å²) in [6, 6.07) is 70.4. The van der Waals surface area contributed by atoms with E-state index in [1.165, 1.54) is 43.6 Å². The van der Waals surface area contributed by atoms with Crippen molar-refractivity contribution >= 4 is 43.6 Å². The number of fused-ring (bicyclic) bond motifs is 7. The summed E-state index contributed by atoms with van der Waals surface area (Å²) >= 11 is 0. The molecule has 0 aliphatic carbocycles. The lowest BCUT2D eigenvalue weighted by molar-refractivity contribution is 1.07. The van der Waals surface area contributed by atoms with Crippen LogP contribution in [0.1, 0.15) is 0 Å². The van der Waals surface area contributed by atoms with E-state index in [1.807, 2.05) is 60.7 Å². The molecular weight excluding hydrogens is 683 g/mol. The van der Waals surface area contributed by atoms with E-state index in [-0.39, 0.29) is 0 Å². The van der Waals surface area contributed by atoms with Crippen molar-refractivity contribution in [3.8, 4) is 56.7 Å². The molecule has 0 fully saturated rings. The number of rotatable bonds is 6. The summed E-state index contributed by atoms with van der Waals surface area (Å²) in [4.78, 5) is 14.8. The van der Waals surface area contributed by atoms with Gasteiger partial charge in [0.1, 0.15) is 0 Å². The van der Waals surface area contributed by atoms with Crippen molar-refractivity contribution in [2.75, 3.05) is 0 Å². The summed E-state index contributed by atoms with van der Waals surface area (Å²) in [6.07, 6.45) is 0. The first-order chi connectivity index (χ1) is 27.8. The number of para-hydroxylation sites is 3. The zero-order valence-corrected chi connectivity index (χ0v) is 30.3. The standard InChI is InChI=1S/C51H33N5/c1-4-15-35(16-5-1)49-52-50(36-17-6-2-7-18-36)54-51(53-49)38-20-14-19-37(33-38)34-27-29-40(30-28-34)56-46-26-13-11-24-42(46)44-32-31-43-41-23-10-12-25-45(41)55(47(43)48(44)56)39-21-8-3-9-22-39/h1-33H. The smallest absolute Gasteiger partial charge is 0.164 e. The molecule has 0 spiro atoms. The molecule has 5 nitrogen and oxygen atoms in total. The molecule has 11 aromatic rings. The van der Waals surface area contributed by atoms with Gasteiger partial charge in [-0.15, -0.1) is 0 Å². The maximum Gasteiger partial charge on any atom is 0.164 e. The molecule has 0 saturated heterocycles. The fourth-order valence-electron chi connectivity index (χ4n) is 8.19. The van der Waals surface area contributed by atoms with Crippen LogP contribution in [0.3, 0.4) is 0 Å². The van der Waals surface area contributed by atoms with E-state index in [0.717, 1.165) is 39.2 Å². The molecule has 0 saturated carbocycles. The van der Waals surface area contributed by atoms with Crippen LogP contribution < -0.4 is 0 Å². The lowest BCUT2D eigenvalue weighted by Gasteiger charge is -2.13. The van der Waals surface area contributed by atoms with E-state index in [2.05, 4.69) is 149 Å². The Bertz CT molecular complexity index is 3160. The van der Waals surface area contributed by atoms with E-state index < -0.39 is 0 Å². The molecule has 3 heterocycles. The first kappa shape index (κ1) is 31.9. The Morgan fingerprint density at radius 3 is 1.21 bits per heavy atom. The highest BCUT2D eigenvalue weighted by molar-refractivity contribution is 6.23. The summed E-state index contributed by atoms with van der Waals surface area (Å²) in [5, 5.41) is 4.93. The molecule has 56 heavy (non-hydrogen) atoms. The summed E-state index contributed by atoms with van der Waals surface area (Å²) in [6.45, 7) is 0. The first-order valence-electron chi connectivity index (χ1n) is 18.9. The van der Waals surface area contributed by atoms with Crippen LogP contribution in [-0.4, -0.2) is 24.1 Å². The van der Waals surface area contributed by atoms with Gasteiger partial charge in [-0.25, -0.2) is 15.0 Å². The lowest BCUT2D eigenvalue weighted by Crippen LogP contribution is -2.00. The average molecular weight is 716 g/mol. The summed E-state index contributed by atoms with van der Waals surface area (Å²) < 4.78 is 4.86. The van der Waals surface area contributed by atoms with Gasteiger partial charge in [0.15, 0.2) is 17.5 Å². The topological polar surface area (TPSA) is 48.5 Å². The van der Waals surface area contributed by atoms with Crippen LogP contribution in [0.25, 0.3) is 100 Å². The van der Waals surface area contributed by atoms with Gasteiger partial charge in [0, 0.05) is 49.6 Å². The summed E-state index contributed by atoms with van der Waals surface area (Å²) in [5.41, 5.74) is 12.0. The van der Waals surface area contributed by atoms with Crippen LogP contribution in [0.4, 0.5) is 0 Å². The molecule has 5 heteroatoms. The molecule has 0 N–H and O–H groups in total. The SMILES string of the molecule is c1ccc(-c2nc(-c3ccccc3)nc(-c3cccc(-c4ccc(-n5c6ccccc6c6ccc7c8ccccc8n(-c8ccccc8)c7c65)cc4)c3)n2)cc1. The normalized spacial score (nSPS) is 11.6. The van der Waals surface area contributed by atoms with Crippen molar-refractivity contribution in [2.45, 2.75) is 0 Å². The van der Waals surface area contributed by atoms with Crippen LogP contribution in [0.15, 0.2) is 200 Å². The van der Waals surface area contributed by atoms with E-state index in [0.29, 0.717) is 17.5 Å². The lowest BCUT2D eigenvalue weighted by atomic mass is 10.0. The van der Waals surface area contributed by atoms with Crippen LogP contribution >= 0.6 is 0 Å². The van der Waals surface area contributed by atoms with Gasteiger partial charge >= 0.3 is 0 Å². The Hall–Kier alpha value is -7.63. The van der Waals surface area contributed by atoms with Crippen molar-refractivity contribution in [1.29, 1.82) is 0 Å². The van der Waals surface area contributed by atoms with Crippen LogP contribution in [0, 0.1) is 0 Å². The molecule has 8 aromatic carbocycles. The number of benzene rings is 8. The average Bonchev–Trinajstić information content (AvgIpc) is 3.80. The second-order valence-electron chi connectivity index (χ2n) is 14.1. The zero-order chi connectivity index (χ0) is 37.0. The van der Waals surface area contributed by atoms with Gasteiger partial charge < -0.3 is 9.13 Å². The molecule has 0 bridgehead atoms. The molecule has 3 aromatic heterocycles. The predicted molar refractivity (Wildman–Crippen MR) is 230 cm³/mol. The first-order valence-corrected chi connectivity index (χ1v) is 18.9. The molecule has 0 radical (unpaired) electrons. The van der Waals surface area contributed by atoms with Crippen LogP contribution in [0.2, 0.25) is 0 Å². The highest BCUT2D eigenvalue weighted by Gasteiger charge is 2.21. The third-order valence-electron chi connectivity index (χ3n) is 10.8. The zero-order valence-electron chi connectivity index (χ0n) is 30.3. The second kappa shape index (κ2) is 13.0. The molecular formula is C51H33N5. The van der Waals surface area contributed by atoms with Gasteiger partial charge in [-0.05, 0) is 53.6 Å². The van der Waals surface area contributed by atoms with Crippen LogP contribution in [0.5, 0.6) is 0 Å². The number of nitrogens with zero attached hydrogens (tertiary/aromatic N) is 5. The molecule has 0 aliphatic rings. The third-order valence-corrected chi connectivity index (χ3v) is 10.8. The Morgan fingerprint density at radius 2 is 0.679 bits per heavy atom. The van der Waals surface area contributed by atoms with E-state index in [1.54, 1.807) is 0 Å². The predicted octanol–water partition coefficient (Wildman–Crippen LogP) is 12.7. The molecule has 11 rings (SSSR count). The van der Waals surface area contributed by atoms with Gasteiger partial charge in [0.25, 0.3) is 0 Å². The van der Waals surface area contributed by atoms with Gasteiger partial charge in [-0.2, -0.15) is 0 Å². The highest BCUT2D eigenvalue weighted by atomic mass is 15.0. The minimum absolute atomic E-state index is 0.638. The summed E-state index contributed by atoms with van der Waals surface area (Å²) in [7, 11) is 0. The quantitative estimate of drug-likeness (QED) is 0.172. The number of aromatic nitrogens is 5. The molecule has 0 amide bonds. The molecule has 262 valence electrons. The van der Waals surface area contributed by atoms with E-state index in [9.17, 15) is 0 Å². The molecule has 0 atom stereocenters. The number of hydrogen-bond donors (Lipinski definition) is 0. The Morgan fingerprint density at radius 1 is 0.268 bits per heavy atom. The van der Waals surface area contributed by atoms with E-state index >= 15 is 0 Å². The van der Waals surface area contributed by atoms with Gasteiger partial charge in [-0.1, -0.05) is 158 Å². The van der Waals surface area contributed by atoms with Crippen molar-refractivity contribution in [3.05, 3.63) is 200 Å². The highest BCUT2D eigenvalue weighted by Crippen LogP contribution is 2.42.